The van der Waals surface area contributed by atoms with Crippen LogP contribution in [0, 0.1) is 0 Å². The molecule has 0 bridgehead atoms. The van der Waals surface area contributed by atoms with E-state index in [9.17, 15) is 0 Å². The number of methoxy groups -OCH3 is 1. The van der Waals surface area contributed by atoms with Gasteiger partial charge in [-0.15, -0.1) is 24.8 Å². The number of halogens is 2. The molecular weight excluding hydrogens is 227 g/mol. The normalized spacial score (nSPS) is 10.8. The number of aromatic nitrogens is 1. The lowest BCUT2D eigenvalue weighted by molar-refractivity contribution is 0.265. The van der Waals surface area contributed by atoms with Crippen LogP contribution in [0.25, 0.3) is 0 Å². The van der Waals surface area contributed by atoms with Crippen molar-refractivity contribution in [3.8, 4) is 5.88 Å². The van der Waals surface area contributed by atoms with E-state index in [1.165, 1.54) is 7.11 Å². The summed E-state index contributed by atoms with van der Waals surface area (Å²) in [6.45, 7) is -0.111. The summed E-state index contributed by atoms with van der Waals surface area (Å²) in [5, 5.41) is 8.75. The molecule has 0 saturated carbocycles. The predicted molar refractivity (Wildman–Crippen MR) is 59.3 cm³/mol. The summed E-state index contributed by atoms with van der Waals surface area (Å²) in [4.78, 5) is 4.05. The quantitative estimate of drug-likeness (QED) is 0.825. The fourth-order valence-electron chi connectivity index (χ4n) is 0.845. The molecule has 0 saturated heterocycles. The third-order valence-electron chi connectivity index (χ3n) is 1.53. The number of pyridine rings is 1. The van der Waals surface area contributed by atoms with Crippen LogP contribution in [0.4, 0.5) is 0 Å². The van der Waals surface area contributed by atoms with Crippen molar-refractivity contribution in [2.24, 2.45) is 5.73 Å². The second-order valence-corrected chi connectivity index (χ2v) is 2.39. The molecule has 4 nitrogen and oxygen atoms in total. The van der Waals surface area contributed by atoms with E-state index in [4.69, 9.17) is 15.6 Å². The third kappa shape index (κ3) is 4.11. The lowest BCUT2D eigenvalue weighted by Crippen LogP contribution is -2.16. The molecule has 1 aromatic rings. The SMILES string of the molecule is COc1cccc(C(N)CO)n1.Cl.Cl. The number of nitrogens with two attached hydrogens (primary N) is 1. The molecule has 14 heavy (non-hydrogen) atoms. The zero-order valence-corrected chi connectivity index (χ0v) is 9.35. The van der Waals surface area contributed by atoms with Gasteiger partial charge in [0.1, 0.15) is 0 Å². The van der Waals surface area contributed by atoms with Crippen LogP contribution in [0.1, 0.15) is 11.7 Å². The van der Waals surface area contributed by atoms with E-state index < -0.39 is 6.04 Å². The number of nitrogens with zero attached hydrogens (tertiary/aromatic N) is 1. The maximum absolute atomic E-state index is 8.75. The molecule has 0 spiro atoms. The highest BCUT2D eigenvalue weighted by molar-refractivity contribution is 5.85. The Hall–Kier alpha value is -0.550. The van der Waals surface area contributed by atoms with Gasteiger partial charge in [-0.05, 0) is 6.07 Å². The second kappa shape index (κ2) is 7.82. The van der Waals surface area contributed by atoms with E-state index in [-0.39, 0.29) is 31.4 Å². The molecule has 82 valence electrons. The smallest absolute Gasteiger partial charge is 0.213 e. The molecule has 0 fully saturated rings. The van der Waals surface area contributed by atoms with Gasteiger partial charge in [-0.1, -0.05) is 6.07 Å². The monoisotopic (exact) mass is 240 g/mol. The molecule has 0 aliphatic carbocycles. The van der Waals surface area contributed by atoms with Crippen molar-refractivity contribution in [2.45, 2.75) is 6.04 Å². The maximum Gasteiger partial charge on any atom is 0.213 e. The Labute approximate surface area is 95.3 Å². The van der Waals surface area contributed by atoms with Gasteiger partial charge in [0.25, 0.3) is 0 Å². The van der Waals surface area contributed by atoms with E-state index >= 15 is 0 Å². The molecule has 1 atom stereocenters. The van der Waals surface area contributed by atoms with Crippen molar-refractivity contribution < 1.29 is 9.84 Å². The van der Waals surface area contributed by atoms with Crippen LogP contribution < -0.4 is 10.5 Å². The van der Waals surface area contributed by atoms with Crippen molar-refractivity contribution in [2.75, 3.05) is 13.7 Å². The lowest BCUT2D eigenvalue weighted by atomic mass is 10.2. The van der Waals surface area contributed by atoms with Gasteiger partial charge in [0.15, 0.2) is 0 Å². The van der Waals surface area contributed by atoms with Crippen LogP contribution in [0.2, 0.25) is 0 Å². The van der Waals surface area contributed by atoms with Gasteiger partial charge in [-0.25, -0.2) is 4.98 Å². The number of ether oxygens (including phenoxy) is 1. The van der Waals surface area contributed by atoms with Crippen molar-refractivity contribution in [1.29, 1.82) is 0 Å². The fourth-order valence-corrected chi connectivity index (χ4v) is 0.845. The molecule has 1 unspecified atom stereocenters. The van der Waals surface area contributed by atoms with Gasteiger partial charge in [-0.3, -0.25) is 0 Å². The first-order chi connectivity index (χ1) is 5.77. The molecule has 1 rings (SSSR count). The summed E-state index contributed by atoms with van der Waals surface area (Å²) in [6, 6.07) is 4.84. The van der Waals surface area contributed by atoms with Gasteiger partial charge in [-0.2, -0.15) is 0 Å². The molecule has 0 amide bonds. The van der Waals surface area contributed by atoms with E-state index in [1.54, 1.807) is 18.2 Å². The Morgan fingerprint density at radius 1 is 1.50 bits per heavy atom. The van der Waals surface area contributed by atoms with E-state index in [0.29, 0.717) is 11.6 Å². The van der Waals surface area contributed by atoms with Crippen molar-refractivity contribution in [3.05, 3.63) is 23.9 Å². The highest BCUT2D eigenvalue weighted by atomic mass is 35.5. The number of hydrogen-bond donors (Lipinski definition) is 2. The number of aliphatic hydroxyl groups is 1. The minimum Gasteiger partial charge on any atom is -0.481 e. The molecule has 0 aromatic carbocycles. The third-order valence-corrected chi connectivity index (χ3v) is 1.53. The summed E-state index contributed by atoms with van der Waals surface area (Å²) < 4.78 is 4.90. The van der Waals surface area contributed by atoms with Gasteiger partial charge >= 0.3 is 0 Å². The lowest BCUT2D eigenvalue weighted by Gasteiger charge is -2.07. The summed E-state index contributed by atoms with van der Waals surface area (Å²) in [6.07, 6.45) is 0. The molecule has 0 aliphatic heterocycles. The van der Waals surface area contributed by atoms with Gasteiger partial charge in [0.05, 0.1) is 25.5 Å². The minimum absolute atomic E-state index is 0. The van der Waals surface area contributed by atoms with Gasteiger partial charge in [0, 0.05) is 6.07 Å². The minimum atomic E-state index is -0.430. The molecule has 3 N–H and O–H groups in total. The highest BCUT2D eigenvalue weighted by Crippen LogP contribution is 2.11. The molecule has 0 radical (unpaired) electrons. The molecular formula is C8H14Cl2N2O2. The summed E-state index contributed by atoms with van der Waals surface area (Å²) in [7, 11) is 1.54. The van der Waals surface area contributed by atoms with Crippen LogP contribution in [-0.2, 0) is 0 Å². The summed E-state index contributed by atoms with van der Waals surface area (Å²) in [5.74, 6) is 0.511. The number of aliphatic hydroxyl groups excluding tert-OH is 1. The molecule has 1 aromatic heterocycles. The van der Waals surface area contributed by atoms with Crippen molar-refractivity contribution in [1.82, 2.24) is 4.98 Å². The first-order valence-corrected chi connectivity index (χ1v) is 3.65. The predicted octanol–water partition coefficient (Wildman–Crippen LogP) is 0.926. The van der Waals surface area contributed by atoms with E-state index in [2.05, 4.69) is 4.98 Å². The Bertz CT molecular complexity index is 261. The zero-order chi connectivity index (χ0) is 8.97. The zero-order valence-electron chi connectivity index (χ0n) is 7.71. The van der Waals surface area contributed by atoms with Crippen LogP contribution in [0.15, 0.2) is 18.2 Å². The second-order valence-electron chi connectivity index (χ2n) is 2.39. The topological polar surface area (TPSA) is 68.4 Å². The first-order valence-electron chi connectivity index (χ1n) is 3.65. The number of hydrogen-bond acceptors (Lipinski definition) is 4. The Morgan fingerprint density at radius 3 is 2.64 bits per heavy atom. The van der Waals surface area contributed by atoms with E-state index in [0.717, 1.165) is 0 Å². The fraction of sp³-hybridized carbons (Fsp3) is 0.375. The molecule has 0 aliphatic rings. The standard InChI is InChI=1S/C8H12N2O2.2ClH/c1-12-8-4-2-3-7(10-8)6(9)5-11;;/h2-4,6,11H,5,9H2,1H3;2*1H. The van der Waals surface area contributed by atoms with Crippen LogP contribution in [0.5, 0.6) is 5.88 Å². The Morgan fingerprint density at radius 2 is 2.14 bits per heavy atom. The Kier molecular flexibility index (Phi) is 8.88. The molecule has 6 heteroatoms. The van der Waals surface area contributed by atoms with Crippen LogP contribution in [0.3, 0.4) is 0 Å². The van der Waals surface area contributed by atoms with Gasteiger partial charge < -0.3 is 15.6 Å². The average Bonchev–Trinajstić information content (AvgIpc) is 2.17. The van der Waals surface area contributed by atoms with Crippen molar-refractivity contribution >= 4 is 24.8 Å². The first kappa shape index (κ1) is 15.9. The van der Waals surface area contributed by atoms with Crippen LogP contribution in [-0.4, -0.2) is 23.8 Å². The van der Waals surface area contributed by atoms with Gasteiger partial charge in [0.2, 0.25) is 5.88 Å². The average molecular weight is 241 g/mol. The molecule has 1 heterocycles. The van der Waals surface area contributed by atoms with E-state index in [1.807, 2.05) is 0 Å². The largest absolute Gasteiger partial charge is 0.481 e. The van der Waals surface area contributed by atoms with Crippen molar-refractivity contribution in [3.63, 3.8) is 0 Å². The highest BCUT2D eigenvalue weighted by Gasteiger charge is 2.05. The maximum atomic E-state index is 8.75. The summed E-state index contributed by atoms with van der Waals surface area (Å²) >= 11 is 0. The van der Waals surface area contributed by atoms with Crippen LogP contribution >= 0.6 is 24.8 Å². The number of rotatable bonds is 3. The summed E-state index contributed by atoms with van der Waals surface area (Å²) in [5.41, 5.74) is 6.19. The Balaban J connectivity index is 0.